The Balaban J connectivity index is 2.04. The maximum Gasteiger partial charge on any atom is 0.219 e. The van der Waals surface area contributed by atoms with Crippen LogP contribution in [0.5, 0.6) is 5.75 Å². The molecule has 146 valence electrons. The fourth-order valence-corrected chi connectivity index (χ4v) is 3.36. The van der Waals surface area contributed by atoms with E-state index in [0.717, 1.165) is 46.4 Å². The van der Waals surface area contributed by atoms with Crippen molar-refractivity contribution in [1.29, 1.82) is 0 Å². The van der Waals surface area contributed by atoms with Gasteiger partial charge in [-0.3, -0.25) is 4.79 Å². The molecule has 0 atom stereocenters. The summed E-state index contributed by atoms with van der Waals surface area (Å²) in [4.78, 5) is 11.4. The quantitative estimate of drug-likeness (QED) is 0.642. The van der Waals surface area contributed by atoms with Crippen molar-refractivity contribution in [2.24, 2.45) is 0 Å². The lowest BCUT2D eigenvalue weighted by atomic mass is 9.90. The summed E-state index contributed by atoms with van der Waals surface area (Å²) in [7, 11) is 0. The lowest BCUT2D eigenvalue weighted by Crippen LogP contribution is -2.25. The monoisotopic (exact) mass is 369 g/mol. The van der Waals surface area contributed by atoms with Crippen molar-refractivity contribution in [3.8, 4) is 16.9 Å². The maximum atomic E-state index is 11.4. The molecule has 0 bridgehead atoms. The van der Waals surface area contributed by atoms with E-state index in [4.69, 9.17) is 4.74 Å². The Labute approximate surface area is 162 Å². The SMILES string of the molecule is CCCC(=O)NCCCOc1cc(C)c(-c2cccc(CO)c2C)c(C)c1. The summed E-state index contributed by atoms with van der Waals surface area (Å²) < 4.78 is 5.88. The first kappa shape index (κ1) is 21.0. The molecule has 0 saturated carbocycles. The van der Waals surface area contributed by atoms with Gasteiger partial charge in [-0.2, -0.15) is 0 Å². The molecule has 0 unspecified atom stereocenters. The number of nitrogens with one attached hydrogen (secondary N) is 1. The van der Waals surface area contributed by atoms with Gasteiger partial charge in [-0.25, -0.2) is 0 Å². The van der Waals surface area contributed by atoms with Gasteiger partial charge in [-0.1, -0.05) is 25.1 Å². The highest BCUT2D eigenvalue weighted by molar-refractivity contribution is 5.76. The molecule has 0 aliphatic heterocycles. The van der Waals surface area contributed by atoms with E-state index in [1.54, 1.807) is 0 Å². The molecule has 2 aromatic rings. The highest BCUT2D eigenvalue weighted by Gasteiger charge is 2.12. The number of amides is 1. The molecule has 0 heterocycles. The van der Waals surface area contributed by atoms with Crippen LogP contribution in [-0.2, 0) is 11.4 Å². The number of carbonyl (C=O) groups is 1. The normalized spacial score (nSPS) is 10.7. The van der Waals surface area contributed by atoms with Crippen molar-refractivity contribution in [2.75, 3.05) is 13.2 Å². The number of aryl methyl sites for hydroxylation is 2. The van der Waals surface area contributed by atoms with Crippen LogP contribution >= 0.6 is 0 Å². The van der Waals surface area contributed by atoms with E-state index in [-0.39, 0.29) is 12.5 Å². The maximum absolute atomic E-state index is 11.4. The number of hydrogen-bond acceptors (Lipinski definition) is 3. The molecule has 0 aliphatic carbocycles. The molecule has 4 nitrogen and oxygen atoms in total. The predicted molar refractivity (Wildman–Crippen MR) is 110 cm³/mol. The Morgan fingerprint density at radius 2 is 1.85 bits per heavy atom. The van der Waals surface area contributed by atoms with E-state index >= 15 is 0 Å². The number of hydrogen-bond donors (Lipinski definition) is 2. The molecule has 2 aromatic carbocycles. The van der Waals surface area contributed by atoms with Crippen LogP contribution in [0.2, 0.25) is 0 Å². The van der Waals surface area contributed by atoms with Crippen molar-refractivity contribution < 1.29 is 14.6 Å². The molecule has 0 saturated heterocycles. The van der Waals surface area contributed by atoms with E-state index in [2.05, 4.69) is 44.3 Å². The third-order valence-electron chi connectivity index (χ3n) is 4.78. The minimum Gasteiger partial charge on any atom is -0.494 e. The highest BCUT2D eigenvalue weighted by Crippen LogP contribution is 2.34. The van der Waals surface area contributed by atoms with E-state index in [9.17, 15) is 9.90 Å². The molecular formula is C23H31NO3. The molecule has 2 rings (SSSR count). The Hall–Kier alpha value is -2.33. The summed E-state index contributed by atoms with van der Waals surface area (Å²) in [5.41, 5.74) is 6.72. The molecule has 27 heavy (non-hydrogen) atoms. The van der Waals surface area contributed by atoms with Gasteiger partial charge in [0.15, 0.2) is 0 Å². The molecule has 1 amide bonds. The fourth-order valence-electron chi connectivity index (χ4n) is 3.36. The minimum atomic E-state index is 0.0494. The molecule has 0 aromatic heterocycles. The lowest BCUT2D eigenvalue weighted by Gasteiger charge is -2.17. The van der Waals surface area contributed by atoms with Gasteiger partial charge < -0.3 is 15.2 Å². The summed E-state index contributed by atoms with van der Waals surface area (Å²) in [6.07, 6.45) is 2.23. The molecule has 0 aliphatic rings. The first-order valence-electron chi connectivity index (χ1n) is 9.68. The zero-order valence-electron chi connectivity index (χ0n) is 16.9. The number of aliphatic hydroxyl groups excluding tert-OH is 1. The largest absolute Gasteiger partial charge is 0.494 e. The molecular weight excluding hydrogens is 338 g/mol. The van der Waals surface area contributed by atoms with Crippen LogP contribution in [0, 0.1) is 20.8 Å². The van der Waals surface area contributed by atoms with Gasteiger partial charge in [0.25, 0.3) is 0 Å². The molecule has 0 fully saturated rings. The second-order valence-corrected chi connectivity index (χ2v) is 6.98. The summed E-state index contributed by atoms with van der Waals surface area (Å²) in [6, 6.07) is 10.2. The number of benzene rings is 2. The van der Waals surface area contributed by atoms with Gasteiger partial charge >= 0.3 is 0 Å². The Kier molecular flexibility index (Phi) is 7.86. The van der Waals surface area contributed by atoms with E-state index in [1.807, 2.05) is 19.1 Å². The average Bonchev–Trinajstić information content (AvgIpc) is 2.62. The number of rotatable bonds is 9. The van der Waals surface area contributed by atoms with Crippen LogP contribution in [0.3, 0.4) is 0 Å². The number of carbonyl (C=O) groups excluding carboxylic acids is 1. The first-order valence-corrected chi connectivity index (χ1v) is 9.68. The first-order chi connectivity index (χ1) is 13.0. The molecule has 0 radical (unpaired) electrons. The third kappa shape index (κ3) is 5.57. The molecule has 4 heteroatoms. The van der Waals surface area contributed by atoms with E-state index in [1.165, 1.54) is 5.56 Å². The second kappa shape index (κ2) is 10.1. The van der Waals surface area contributed by atoms with Crippen molar-refractivity contribution in [1.82, 2.24) is 5.32 Å². The molecule has 0 spiro atoms. The van der Waals surface area contributed by atoms with Crippen LogP contribution in [-0.4, -0.2) is 24.2 Å². The van der Waals surface area contributed by atoms with Crippen molar-refractivity contribution in [3.63, 3.8) is 0 Å². The van der Waals surface area contributed by atoms with E-state index in [0.29, 0.717) is 19.6 Å². The fraction of sp³-hybridized carbons (Fsp3) is 0.435. The third-order valence-corrected chi connectivity index (χ3v) is 4.78. The summed E-state index contributed by atoms with van der Waals surface area (Å²) in [5, 5.41) is 12.4. The van der Waals surface area contributed by atoms with Gasteiger partial charge in [0.05, 0.1) is 13.2 Å². The number of aliphatic hydroxyl groups is 1. The van der Waals surface area contributed by atoms with Crippen LogP contribution in [0.25, 0.3) is 11.1 Å². The van der Waals surface area contributed by atoms with Crippen LogP contribution in [0.1, 0.15) is 48.4 Å². The topological polar surface area (TPSA) is 58.6 Å². The molecule has 2 N–H and O–H groups in total. The zero-order valence-corrected chi connectivity index (χ0v) is 16.9. The van der Waals surface area contributed by atoms with Crippen LogP contribution in [0.4, 0.5) is 0 Å². The van der Waals surface area contributed by atoms with Gasteiger partial charge in [0.2, 0.25) is 5.91 Å². The Bertz CT molecular complexity index is 760. The summed E-state index contributed by atoms with van der Waals surface area (Å²) in [5.74, 6) is 0.957. The van der Waals surface area contributed by atoms with Gasteiger partial charge in [-0.05, 0) is 79.1 Å². The summed E-state index contributed by atoms with van der Waals surface area (Å²) in [6.45, 7) is 9.49. The smallest absolute Gasteiger partial charge is 0.219 e. The average molecular weight is 370 g/mol. The number of ether oxygens (including phenoxy) is 1. The van der Waals surface area contributed by atoms with Gasteiger partial charge in [0, 0.05) is 13.0 Å². The predicted octanol–water partition coefficient (Wildman–Crippen LogP) is 4.46. The summed E-state index contributed by atoms with van der Waals surface area (Å²) >= 11 is 0. The standard InChI is InChI=1S/C23H31NO3/c1-5-8-22(26)24-11-7-12-27-20-13-16(2)23(17(3)14-20)21-10-6-9-19(15-25)18(21)4/h6,9-10,13-14,25H,5,7-8,11-12,15H2,1-4H3,(H,24,26). The Morgan fingerprint density at radius 3 is 2.48 bits per heavy atom. The van der Waals surface area contributed by atoms with Gasteiger partial charge in [-0.15, -0.1) is 0 Å². The van der Waals surface area contributed by atoms with Gasteiger partial charge in [0.1, 0.15) is 5.75 Å². The van der Waals surface area contributed by atoms with Crippen LogP contribution in [0.15, 0.2) is 30.3 Å². The lowest BCUT2D eigenvalue weighted by molar-refractivity contribution is -0.121. The van der Waals surface area contributed by atoms with Crippen molar-refractivity contribution in [3.05, 3.63) is 52.6 Å². The van der Waals surface area contributed by atoms with E-state index < -0.39 is 0 Å². The second-order valence-electron chi connectivity index (χ2n) is 6.98. The Morgan fingerprint density at radius 1 is 1.15 bits per heavy atom. The van der Waals surface area contributed by atoms with Crippen LogP contribution < -0.4 is 10.1 Å². The van der Waals surface area contributed by atoms with Crippen molar-refractivity contribution >= 4 is 5.91 Å². The highest BCUT2D eigenvalue weighted by atomic mass is 16.5. The van der Waals surface area contributed by atoms with Crippen molar-refractivity contribution in [2.45, 2.75) is 53.6 Å². The minimum absolute atomic E-state index is 0.0494. The zero-order chi connectivity index (χ0) is 19.8.